The highest BCUT2D eigenvalue weighted by Crippen LogP contribution is 2.47. The summed E-state index contributed by atoms with van der Waals surface area (Å²) < 4.78 is 6.55. The Morgan fingerprint density at radius 1 is 0.420 bits per heavy atom. The topological polar surface area (TPSA) is 29.3 Å². The Morgan fingerprint density at radius 2 is 1.12 bits per heavy atom. The van der Waals surface area contributed by atoms with E-state index in [0.717, 1.165) is 55.3 Å². The predicted octanol–water partition coefficient (Wildman–Crippen LogP) is 13.2. The third kappa shape index (κ3) is 4.63. The van der Waals surface area contributed by atoms with Crippen LogP contribution in [0.15, 0.2) is 187 Å². The Bertz CT molecular complexity index is 2880. The lowest BCUT2D eigenvalue weighted by atomic mass is 9.97. The molecule has 0 N–H and O–H groups in total. The molecule has 2 aromatic heterocycles. The van der Waals surface area contributed by atoms with Crippen molar-refractivity contribution in [2.45, 2.75) is 0 Å². The molecule has 234 valence electrons. The van der Waals surface area contributed by atoms with Gasteiger partial charge in [0.05, 0.1) is 16.8 Å². The van der Waals surface area contributed by atoms with E-state index in [4.69, 9.17) is 4.42 Å². The van der Waals surface area contributed by atoms with E-state index in [2.05, 4.69) is 180 Å². The predicted molar refractivity (Wildman–Crippen MR) is 210 cm³/mol. The van der Waals surface area contributed by atoms with Gasteiger partial charge in [-0.2, -0.15) is 0 Å². The van der Waals surface area contributed by atoms with E-state index in [9.17, 15) is 0 Å². The molecular formula is C47H30N2O. The first-order valence-corrected chi connectivity index (χ1v) is 16.9. The molecule has 3 nitrogen and oxygen atoms in total. The van der Waals surface area contributed by atoms with Crippen molar-refractivity contribution in [3.05, 3.63) is 182 Å². The summed E-state index contributed by atoms with van der Waals surface area (Å²) >= 11 is 0. The van der Waals surface area contributed by atoms with Gasteiger partial charge in [0, 0.05) is 34.4 Å². The minimum atomic E-state index is 0.848. The van der Waals surface area contributed by atoms with Crippen LogP contribution in [0.1, 0.15) is 0 Å². The summed E-state index contributed by atoms with van der Waals surface area (Å²) in [5, 5.41) is 9.28. The smallest absolute Gasteiger partial charge is 0.137 e. The zero-order chi connectivity index (χ0) is 33.0. The van der Waals surface area contributed by atoms with Crippen molar-refractivity contribution >= 4 is 71.3 Å². The Kier molecular flexibility index (Phi) is 6.49. The van der Waals surface area contributed by atoms with Gasteiger partial charge in [-0.05, 0) is 98.2 Å². The van der Waals surface area contributed by atoms with E-state index in [0.29, 0.717) is 0 Å². The van der Waals surface area contributed by atoms with Crippen LogP contribution in [0.3, 0.4) is 0 Å². The van der Waals surface area contributed by atoms with Gasteiger partial charge in [-0.1, -0.05) is 115 Å². The molecular weight excluding hydrogens is 609 g/mol. The average molecular weight is 639 g/mol. The lowest BCUT2D eigenvalue weighted by Gasteiger charge is -2.29. The number of rotatable bonds is 5. The molecule has 0 aliphatic heterocycles. The molecule has 0 saturated heterocycles. The maximum Gasteiger partial charge on any atom is 0.137 e. The van der Waals surface area contributed by atoms with Crippen molar-refractivity contribution in [2.24, 2.45) is 0 Å². The fourth-order valence-electron chi connectivity index (χ4n) is 7.52. The van der Waals surface area contributed by atoms with Crippen molar-refractivity contribution < 1.29 is 4.42 Å². The third-order valence-corrected chi connectivity index (χ3v) is 9.90. The van der Waals surface area contributed by atoms with Crippen LogP contribution in [0, 0.1) is 0 Å². The van der Waals surface area contributed by atoms with Gasteiger partial charge in [0.1, 0.15) is 11.2 Å². The van der Waals surface area contributed by atoms with Gasteiger partial charge in [-0.3, -0.25) is 4.98 Å². The molecule has 2 heterocycles. The number of para-hydroxylation sites is 1. The largest absolute Gasteiger partial charge is 0.456 e. The van der Waals surface area contributed by atoms with Crippen molar-refractivity contribution in [1.82, 2.24) is 4.98 Å². The maximum atomic E-state index is 6.55. The number of hydrogen-bond donors (Lipinski definition) is 0. The Morgan fingerprint density at radius 3 is 2.04 bits per heavy atom. The van der Waals surface area contributed by atoms with Crippen LogP contribution >= 0.6 is 0 Å². The fraction of sp³-hybridized carbons (Fsp3) is 0. The quantitative estimate of drug-likeness (QED) is 0.188. The number of pyridine rings is 1. The second-order valence-electron chi connectivity index (χ2n) is 12.8. The Balaban J connectivity index is 1.22. The van der Waals surface area contributed by atoms with Gasteiger partial charge >= 0.3 is 0 Å². The first-order valence-electron chi connectivity index (χ1n) is 16.9. The Labute approximate surface area is 289 Å². The summed E-state index contributed by atoms with van der Waals surface area (Å²) in [5.41, 5.74) is 9.63. The van der Waals surface area contributed by atoms with E-state index in [-0.39, 0.29) is 0 Å². The molecule has 0 aliphatic rings. The molecule has 0 aliphatic carbocycles. The molecule has 10 rings (SSSR count). The standard InChI is InChI=1S/C47H30N2O/c1-2-11-34-27-36(20-19-31(34)9-1)41-14-5-6-16-43(41)49(38-23-21-33(22-24-38)40-15-7-12-32-10-3-4-13-39(32)40)44-17-8-18-45-47(44)42-28-35-25-26-48-30-37(35)29-46(42)50-45/h1-30H. The van der Waals surface area contributed by atoms with Crippen LogP contribution in [0.5, 0.6) is 0 Å². The second-order valence-corrected chi connectivity index (χ2v) is 12.8. The number of nitrogens with zero attached hydrogens (tertiary/aromatic N) is 2. The van der Waals surface area contributed by atoms with E-state index in [1.54, 1.807) is 0 Å². The molecule has 0 amide bonds. The minimum absolute atomic E-state index is 0.848. The Hall–Kier alpha value is -6.71. The van der Waals surface area contributed by atoms with Crippen LogP contribution in [-0.2, 0) is 0 Å². The molecule has 0 spiro atoms. The molecule has 0 saturated carbocycles. The number of anilines is 3. The highest BCUT2D eigenvalue weighted by atomic mass is 16.3. The molecule has 50 heavy (non-hydrogen) atoms. The lowest BCUT2D eigenvalue weighted by molar-refractivity contribution is 0.669. The van der Waals surface area contributed by atoms with Crippen molar-refractivity contribution in [1.29, 1.82) is 0 Å². The van der Waals surface area contributed by atoms with Gasteiger partial charge in [0.15, 0.2) is 0 Å². The number of furan rings is 1. The monoisotopic (exact) mass is 638 g/mol. The molecule has 3 heteroatoms. The van der Waals surface area contributed by atoms with E-state index < -0.39 is 0 Å². The molecule has 8 aromatic carbocycles. The first-order chi connectivity index (χ1) is 24.8. The van der Waals surface area contributed by atoms with E-state index in [1.807, 2.05) is 12.4 Å². The van der Waals surface area contributed by atoms with Crippen LogP contribution in [0.2, 0.25) is 0 Å². The highest BCUT2D eigenvalue weighted by Gasteiger charge is 2.22. The number of benzene rings is 8. The van der Waals surface area contributed by atoms with Crippen molar-refractivity contribution in [2.75, 3.05) is 4.90 Å². The summed E-state index contributed by atoms with van der Waals surface area (Å²) in [6.45, 7) is 0. The van der Waals surface area contributed by atoms with Gasteiger partial charge in [-0.25, -0.2) is 0 Å². The molecule has 10 aromatic rings. The van der Waals surface area contributed by atoms with Gasteiger partial charge in [0.25, 0.3) is 0 Å². The summed E-state index contributed by atoms with van der Waals surface area (Å²) in [4.78, 5) is 6.75. The summed E-state index contributed by atoms with van der Waals surface area (Å²) in [6.07, 6.45) is 3.74. The summed E-state index contributed by atoms with van der Waals surface area (Å²) in [5.74, 6) is 0. The van der Waals surface area contributed by atoms with Crippen molar-refractivity contribution in [3.8, 4) is 22.3 Å². The second kappa shape index (κ2) is 11.5. The fourth-order valence-corrected chi connectivity index (χ4v) is 7.52. The molecule has 0 unspecified atom stereocenters. The van der Waals surface area contributed by atoms with Crippen LogP contribution < -0.4 is 4.90 Å². The van der Waals surface area contributed by atoms with Crippen molar-refractivity contribution in [3.63, 3.8) is 0 Å². The van der Waals surface area contributed by atoms with Gasteiger partial charge < -0.3 is 9.32 Å². The number of fused-ring (bicyclic) bond motifs is 6. The zero-order valence-electron chi connectivity index (χ0n) is 27.1. The number of aromatic nitrogens is 1. The summed E-state index contributed by atoms with van der Waals surface area (Å²) in [7, 11) is 0. The van der Waals surface area contributed by atoms with Crippen LogP contribution in [-0.4, -0.2) is 4.98 Å². The maximum absolute atomic E-state index is 6.55. The molecule has 0 bridgehead atoms. The SMILES string of the molecule is c1ccc(N(c2ccc(-c3cccc4ccccc34)cc2)c2cccc3oc4cc5cnccc5cc4c23)c(-c2ccc3ccccc3c2)c1. The molecule has 0 fully saturated rings. The molecule has 0 radical (unpaired) electrons. The number of hydrogen-bond acceptors (Lipinski definition) is 3. The normalized spacial score (nSPS) is 11.6. The molecule has 0 atom stereocenters. The van der Waals surface area contributed by atoms with E-state index in [1.165, 1.54) is 38.2 Å². The average Bonchev–Trinajstić information content (AvgIpc) is 3.55. The van der Waals surface area contributed by atoms with Gasteiger partial charge in [-0.15, -0.1) is 0 Å². The van der Waals surface area contributed by atoms with Crippen LogP contribution in [0.25, 0.3) is 76.5 Å². The zero-order valence-corrected chi connectivity index (χ0v) is 27.1. The summed E-state index contributed by atoms with van der Waals surface area (Å²) in [6, 6.07) is 60.9. The lowest BCUT2D eigenvalue weighted by Crippen LogP contribution is -2.11. The van der Waals surface area contributed by atoms with E-state index >= 15 is 0 Å². The van der Waals surface area contributed by atoms with Gasteiger partial charge in [0.2, 0.25) is 0 Å². The van der Waals surface area contributed by atoms with Crippen LogP contribution in [0.4, 0.5) is 17.1 Å². The first kappa shape index (κ1) is 28.3. The third-order valence-electron chi connectivity index (χ3n) is 9.90. The highest BCUT2D eigenvalue weighted by molar-refractivity contribution is 6.16. The minimum Gasteiger partial charge on any atom is -0.456 e.